The third-order valence-electron chi connectivity index (χ3n) is 3.05. The van der Waals surface area contributed by atoms with Gasteiger partial charge in [-0.1, -0.05) is 12.2 Å². The Balaban J connectivity index is 2.19. The minimum Gasteiger partial charge on any atom is -0.388 e. The molecule has 0 spiro atoms. The first kappa shape index (κ1) is 13.6. The zero-order chi connectivity index (χ0) is 13.8. The summed E-state index contributed by atoms with van der Waals surface area (Å²) in [5.41, 5.74) is 6.83. The predicted molar refractivity (Wildman–Crippen MR) is 74.1 cm³/mol. The van der Waals surface area contributed by atoms with Gasteiger partial charge >= 0.3 is 0 Å². The molecule has 2 rings (SSSR count). The van der Waals surface area contributed by atoms with E-state index in [-0.39, 0.29) is 23.3 Å². The van der Waals surface area contributed by atoms with Gasteiger partial charge < -0.3 is 5.73 Å². The van der Waals surface area contributed by atoms with Crippen LogP contribution in [0, 0.1) is 0 Å². The highest BCUT2D eigenvalue weighted by molar-refractivity contribution is 7.80. The number of aromatic nitrogens is 1. The Bertz CT molecular complexity index is 512. The van der Waals surface area contributed by atoms with Crippen LogP contribution in [0.15, 0.2) is 18.3 Å². The molecule has 0 aliphatic carbocycles. The molecule has 0 unspecified atom stereocenters. The van der Waals surface area contributed by atoms with Crippen LogP contribution in [0.2, 0.25) is 0 Å². The van der Waals surface area contributed by atoms with E-state index < -0.39 is 0 Å². The maximum absolute atomic E-state index is 11.9. The van der Waals surface area contributed by atoms with Crippen LogP contribution in [0.4, 0.5) is 0 Å². The SMILES string of the molecule is NC(=S)c1cc(CN2C(=O)CCCCC2=O)ccn1. The van der Waals surface area contributed by atoms with Crippen molar-refractivity contribution in [1.82, 2.24) is 9.88 Å². The van der Waals surface area contributed by atoms with E-state index in [0.29, 0.717) is 18.5 Å². The van der Waals surface area contributed by atoms with Gasteiger partial charge in [-0.2, -0.15) is 0 Å². The van der Waals surface area contributed by atoms with Gasteiger partial charge in [-0.25, -0.2) is 0 Å². The number of carbonyl (C=O) groups excluding carboxylic acids is 2. The maximum atomic E-state index is 11.9. The summed E-state index contributed by atoms with van der Waals surface area (Å²) in [6, 6.07) is 3.47. The molecule has 1 aromatic rings. The minimum atomic E-state index is -0.115. The van der Waals surface area contributed by atoms with Gasteiger partial charge in [0.05, 0.1) is 12.2 Å². The van der Waals surface area contributed by atoms with Gasteiger partial charge in [-0.3, -0.25) is 19.5 Å². The molecule has 0 bridgehead atoms. The Morgan fingerprint density at radius 3 is 2.53 bits per heavy atom. The summed E-state index contributed by atoms with van der Waals surface area (Å²) >= 11 is 4.86. The molecule has 2 heterocycles. The summed E-state index contributed by atoms with van der Waals surface area (Å²) in [7, 11) is 0. The first-order chi connectivity index (χ1) is 9.08. The summed E-state index contributed by atoms with van der Waals surface area (Å²) in [5, 5.41) is 0. The average molecular weight is 277 g/mol. The lowest BCUT2D eigenvalue weighted by molar-refractivity contribution is -0.144. The second kappa shape index (κ2) is 5.88. The van der Waals surface area contributed by atoms with Gasteiger partial charge in [0.1, 0.15) is 4.99 Å². The van der Waals surface area contributed by atoms with Crippen molar-refractivity contribution in [3.8, 4) is 0 Å². The summed E-state index contributed by atoms with van der Waals surface area (Å²) < 4.78 is 0. The number of nitrogens with two attached hydrogens (primary N) is 1. The normalized spacial score (nSPS) is 16.3. The van der Waals surface area contributed by atoms with Crippen molar-refractivity contribution < 1.29 is 9.59 Å². The molecule has 0 saturated carbocycles. The number of rotatable bonds is 3. The summed E-state index contributed by atoms with van der Waals surface area (Å²) in [6.45, 7) is 0.260. The minimum absolute atomic E-state index is 0.115. The number of imide groups is 1. The Hall–Kier alpha value is -1.82. The van der Waals surface area contributed by atoms with Gasteiger partial charge in [-0.15, -0.1) is 0 Å². The molecule has 1 aromatic heterocycles. The van der Waals surface area contributed by atoms with E-state index in [1.54, 1.807) is 18.3 Å². The topological polar surface area (TPSA) is 76.3 Å². The molecule has 1 fully saturated rings. The first-order valence-electron chi connectivity index (χ1n) is 6.16. The van der Waals surface area contributed by atoms with Crippen LogP contribution in [0.5, 0.6) is 0 Å². The van der Waals surface area contributed by atoms with Crippen molar-refractivity contribution in [2.24, 2.45) is 5.73 Å². The van der Waals surface area contributed by atoms with Crippen LogP contribution in [-0.4, -0.2) is 26.7 Å². The van der Waals surface area contributed by atoms with Crippen molar-refractivity contribution in [2.45, 2.75) is 32.2 Å². The third kappa shape index (κ3) is 3.35. The van der Waals surface area contributed by atoms with Crippen LogP contribution in [0.1, 0.15) is 36.9 Å². The van der Waals surface area contributed by atoms with Crippen LogP contribution in [0.25, 0.3) is 0 Å². The fraction of sp³-hybridized carbons (Fsp3) is 0.385. The zero-order valence-corrected chi connectivity index (χ0v) is 11.3. The number of nitrogens with zero attached hydrogens (tertiary/aromatic N) is 2. The number of carbonyl (C=O) groups is 2. The van der Waals surface area contributed by atoms with E-state index >= 15 is 0 Å². The fourth-order valence-corrected chi connectivity index (χ4v) is 2.14. The highest BCUT2D eigenvalue weighted by atomic mass is 32.1. The van der Waals surface area contributed by atoms with E-state index in [2.05, 4.69) is 4.98 Å². The predicted octanol–water partition coefficient (Wildman–Crippen LogP) is 1.15. The molecule has 1 aliphatic rings. The second-order valence-corrected chi connectivity index (χ2v) is 4.93. The summed E-state index contributed by atoms with van der Waals surface area (Å²) in [6.07, 6.45) is 3.99. The molecule has 0 aromatic carbocycles. The maximum Gasteiger partial charge on any atom is 0.229 e. The Kier molecular flexibility index (Phi) is 4.21. The molecule has 1 aliphatic heterocycles. The Morgan fingerprint density at radius 2 is 1.95 bits per heavy atom. The molecule has 100 valence electrons. The molecular weight excluding hydrogens is 262 g/mol. The number of pyridine rings is 1. The van der Waals surface area contributed by atoms with Gasteiger partial charge in [0.2, 0.25) is 11.8 Å². The first-order valence-corrected chi connectivity index (χ1v) is 6.56. The number of likely N-dealkylation sites (tertiary alicyclic amines) is 1. The monoisotopic (exact) mass is 277 g/mol. The molecule has 19 heavy (non-hydrogen) atoms. The smallest absolute Gasteiger partial charge is 0.229 e. The van der Waals surface area contributed by atoms with Gasteiger partial charge in [0.15, 0.2) is 0 Å². The van der Waals surface area contributed by atoms with Crippen LogP contribution in [-0.2, 0) is 16.1 Å². The number of hydrogen-bond donors (Lipinski definition) is 1. The van der Waals surface area contributed by atoms with Crippen molar-refractivity contribution in [2.75, 3.05) is 0 Å². The Morgan fingerprint density at radius 1 is 1.32 bits per heavy atom. The Labute approximate surface area is 116 Å². The molecule has 2 N–H and O–H groups in total. The van der Waals surface area contributed by atoms with Crippen LogP contribution in [0.3, 0.4) is 0 Å². The summed E-state index contributed by atoms with van der Waals surface area (Å²) in [4.78, 5) is 29.3. The molecule has 5 nitrogen and oxygen atoms in total. The standard InChI is InChI=1S/C13H15N3O2S/c14-13(19)10-7-9(5-6-15-10)8-16-11(17)3-1-2-4-12(16)18/h5-7H,1-4,8H2,(H2,14,19). The fourth-order valence-electron chi connectivity index (χ4n) is 2.03. The number of hydrogen-bond acceptors (Lipinski definition) is 4. The lowest BCUT2D eigenvalue weighted by Gasteiger charge is -2.18. The van der Waals surface area contributed by atoms with E-state index in [0.717, 1.165) is 18.4 Å². The van der Waals surface area contributed by atoms with Gasteiger partial charge in [-0.05, 0) is 30.5 Å². The summed E-state index contributed by atoms with van der Waals surface area (Å²) in [5.74, 6) is -0.229. The molecule has 0 atom stereocenters. The van der Waals surface area contributed by atoms with E-state index in [4.69, 9.17) is 18.0 Å². The number of amides is 2. The molecule has 2 amide bonds. The van der Waals surface area contributed by atoms with Crippen molar-refractivity contribution in [3.05, 3.63) is 29.6 Å². The van der Waals surface area contributed by atoms with Crippen molar-refractivity contribution in [3.63, 3.8) is 0 Å². The lowest BCUT2D eigenvalue weighted by atomic mass is 10.2. The van der Waals surface area contributed by atoms with E-state index in [1.807, 2.05) is 0 Å². The molecule has 0 radical (unpaired) electrons. The van der Waals surface area contributed by atoms with Crippen molar-refractivity contribution >= 4 is 29.0 Å². The zero-order valence-electron chi connectivity index (χ0n) is 10.5. The quantitative estimate of drug-likeness (QED) is 0.662. The van der Waals surface area contributed by atoms with E-state index in [9.17, 15) is 9.59 Å². The van der Waals surface area contributed by atoms with Crippen molar-refractivity contribution in [1.29, 1.82) is 0 Å². The molecule has 6 heteroatoms. The average Bonchev–Trinajstić information content (AvgIpc) is 2.54. The molecular formula is C13H15N3O2S. The van der Waals surface area contributed by atoms with Crippen LogP contribution < -0.4 is 5.73 Å². The molecule has 1 saturated heterocycles. The third-order valence-corrected chi connectivity index (χ3v) is 3.26. The van der Waals surface area contributed by atoms with Gasteiger partial charge in [0, 0.05) is 19.0 Å². The number of thiocarbonyl (C=S) groups is 1. The highest BCUT2D eigenvalue weighted by Gasteiger charge is 2.24. The second-order valence-electron chi connectivity index (χ2n) is 4.49. The lowest BCUT2D eigenvalue weighted by Crippen LogP contribution is -2.34. The van der Waals surface area contributed by atoms with Gasteiger partial charge in [0.25, 0.3) is 0 Å². The highest BCUT2D eigenvalue weighted by Crippen LogP contribution is 2.16. The van der Waals surface area contributed by atoms with E-state index in [1.165, 1.54) is 4.90 Å². The largest absolute Gasteiger partial charge is 0.388 e. The van der Waals surface area contributed by atoms with Crippen LogP contribution >= 0.6 is 12.2 Å².